The lowest BCUT2D eigenvalue weighted by Gasteiger charge is -2.16. The van der Waals surface area contributed by atoms with Crippen molar-refractivity contribution in [2.45, 2.75) is 13.0 Å². The number of para-hydroxylation sites is 2. The number of halogens is 2. The van der Waals surface area contributed by atoms with Crippen LogP contribution in [-0.2, 0) is 0 Å². The minimum atomic E-state index is -0.938. The summed E-state index contributed by atoms with van der Waals surface area (Å²) >= 11 is 0. The topological polar surface area (TPSA) is 44.5 Å². The SMILES string of the molecule is CCOc1ccccc1OCC(N)c1cccc(F)c1F. The fourth-order valence-electron chi connectivity index (χ4n) is 1.92. The van der Waals surface area contributed by atoms with E-state index in [-0.39, 0.29) is 12.2 Å². The van der Waals surface area contributed by atoms with Gasteiger partial charge in [-0.3, -0.25) is 0 Å². The fraction of sp³-hybridized carbons (Fsp3) is 0.250. The molecule has 0 saturated carbocycles. The Morgan fingerprint density at radius 3 is 2.33 bits per heavy atom. The summed E-state index contributed by atoms with van der Waals surface area (Å²) in [6.07, 6.45) is 0. The maximum absolute atomic E-state index is 13.6. The lowest BCUT2D eigenvalue weighted by molar-refractivity contribution is 0.259. The molecule has 2 aromatic rings. The molecule has 2 rings (SSSR count). The molecule has 1 atom stereocenters. The number of hydrogen-bond acceptors (Lipinski definition) is 3. The highest BCUT2D eigenvalue weighted by molar-refractivity contribution is 5.39. The maximum Gasteiger partial charge on any atom is 0.163 e. The summed E-state index contributed by atoms with van der Waals surface area (Å²) in [7, 11) is 0. The van der Waals surface area contributed by atoms with Gasteiger partial charge >= 0.3 is 0 Å². The molecule has 112 valence electrons. The van der Waals surface area contributed by atoms with Crippen LogP contribution in [0.4, 0.5) is 8.78 Å². The molecule has 0 saturated heterocycles. The highest BCUT2D eigenvalue weighted by Crippen LogP contribution is 2.27. The van der Waals surface area contributed by atoms with Crippen LogP contribution in [0.1, 0.15) is 18.5 Å². The molecule has 0 spiro atoms. The van der Waals surface area contributed by atoms with Gasteiger partial charge in [-0.15, -0.1) is 0 Å². The summed E-state index contributed by atoms with van der Waals surface area (Å²) in [4.78, 5) is 0. The van der Waals surface area contributed by atoms with Crippen molar-refractivity contribution >= 4 is 0 Å². The first-order valence-electron chi connectivity index (χ1n) is 6.67. The summed E-state index contributed by atoms with van der Waals surface area (Å²) in [6.45, 7) is 2.39. The Morgan fingerprint density at radius 1 is 1.00 bits per heavy atom. The average Bonchev–Trinajstić information content (AvgIpc) is 2.49. The van der Waals surface area contributed by atoms with Crippen LogP contribution in [0.2, 0.25) is 0 Å². The third-order valence-corrected chi connectivity index (χ3v) is 2.95. The fourth-order valence-corrected chi connectivity index (χ4v) is 1.92. The van der Waals surface area contributed by atoms with Gasteiger partial charge in [0, 0.05) is 5.56 Å². The molecule has 0 bridgehead atoms. The quantitative estimate of drug-likeness (QED) is 0.887. The van der Waals surface area contributed by atoms with E-state index in [1.807, 2.05) is 13.0 Å². The van der Waals surface area contributed by atoms with Gasteiger partial charge in [0.05, 0.1) is 12.6 Å². The molecule has 0 amide bonds. The van der Waals surface area contributed by atoms with E-state index in [1.165, 1.54) is 12.1 Å². The third-order valence-electron chi connectivity index (χ3n) is 2.95. The minimum Gasteiger partial charge on any atom is -0.490 e. The van der Waals surface area contributed by atoms with Crippen molar-refractivity contribution in [3.05, 3.63) is 59.7 Å². The molecule has 0 aromatic heterocycles. The van der Waals surface area contributed by atoms with Crippen molar-refractivity contribution in [3.63, 3.8) is 0 Å². The van der Waals surface area contributed by atoms with E-state index >= 15 is 0 Å². The van der Waals surface area contributed by atoms with Gasteiger partial charge in [-0.05, 0) is 25.1 Å². The molecule has 2 aromatic carbocycles. The smallest absolute Gasteiger partial charge is 0.163 e. The summed E-state index contributed by atoms with van der Waals surface area (Å²) in [5.74, 6) is -0.747. The normalized spacial score (nSPS) is 12.0. The Bertz CT molecular complexity index is 605. The molecule has 0 radical (unpaired) electrons. The molecular weight excluding hydrogens is 276 g/mol. The number of benzene rings is 2. The molecule has 0 heterocycles. The van der Waals surface area contributed by atoms with E-state index in [0.717, 1.165) is 6.07 Å². The highest BCUT2D eigenvalue weighted by atomic mass is 19.2. The minimum absolute atomic E-state index is 0.0183. The molecule has 5 heteroatoms. The largest absolute Gasteiger partial charge is 0.490 e. The van der Waals surface area contributed by atoms with Crippen LogP contribution in [0.15, 0.2) is 42.5 Å². The summed E-state index contributed by atoms with van der Waals surface area (Å²) in [6, 6.07) is 10.3. The second-order valence-electron chi connectivity index (χ2n) is 4.44. The summed E-state index contributed by atoms with van der Waals surface area (Å²) in [5, 5.41) is 0. The maximum atomic E-state index is 13.6. The molecule has 21 heavy (non-hydrogen) atoms. The van der Waals surface area contributed by atoms with Crippen molar-refractivity contribution in [3.8, 4) is 11.5 Å². The van der Waals surface area contributed by atoms with Gasteiger partial charge in [-0.2, -0.15) is 0 Å². The summed E-state index contributed by atoms with van der Waals surface area (Å²) in [5.41, 5.74) is 5.95. The average molecular weight is 293 g/mol. The lowest BCUT2D eigenvalue weighted by Crippen LogP contribution is -2.21. The van der Waals surface area contributed by atoms with Gasteiger partial charge in [-0.25, -0.2) is 8.78 Å². The predicted octanol–water partition coefficient (Wildman–Crippen LogP) is 3.44. The van der Waals surface area contributed by atoms with E-state index in [0.29, 0.717) is 18.1 Å². The third kappa shape index (κ3) is 3.70. The van der Waals surface area contributed by atoms with Crippen LogP contribution in [0, 0.1) is 11.6 Å². The van der Waals surface area contributed by atoms with Crippen molar-refractivity contribution in [2.75, 3.05) is 13.2 Å². The Labute approximate surface area is 122 Å². The van der Waals surface area contributed by atoms with Crippen LogP contribution in [0.25, 0.3) is 0 Å². The van der Waals surface area contributed by atoms with Crippen molar-refractivity contribution in [2.24, 2.45) is 5.73 Å². The number of rotatable bonds is 6. The van der Waals surface area contributed by atoms with E-state index in [1.54, 1.807) is 18.2 Å². The Hall–Kier alpha value is -2.14. The standard InChI is InChI=1S/C16H17F2NO2/c1-2-20-14-8-3-4-9-15(14)21-10-13(19)11-6-5-7-12(17)16(11)18/h3-9,13H,2,10,19H2,1H3. The Morgan fingerprint density at radius 2 is 1.67 bits per heavy atom. The van der Waals surface area contributed by atoms with Crippen molar-refractivity contribution < 1.29 is 18.3 Å². The second kappa shape index (κ2) is 7.04. The molecule has 0 aliphatic heterocycles. The zero-order valence-corrected chi connectivity index (χ0v) is 11.7. The number of nitrogens with two attached hydrogens (primary N) is 1. The second-order valence-corrected chi connectivity index (χ2v) is 4.44. The molecule has 0 fully saturated rings. The zero-order valence-electron chi connectivity index (χ0n) is 11.7. The number of ether oxygens (including phenoxy) is 2. The van der Waals surface area contributed by atoms with Crippen LogP contribution >= 0.6 is 0 Å². The first-order valence-corrected chi connectivity index (χ1v) is 6.67. The van der Waals surface area contributed by atoms with Crippen LogP contribution in [0.3, 0.4) is 0 Å². The van der Waals surface area contributed by atoms with E-state index in [4.69, 9.17) is 15.2 Å². The van der Waals surface area contributed by atoms with E-state index in [9.17, 15) is 8.78 Å². The van der Waals surface area contributed by atoms with E-state index in [2.05, 4.69) is 0 Å². The lowest BCUT2D eigenvalue weighted by atomic mass is 10.1. The van der Waals surface area contributed by atoms with Crippen molar-refractivity contribution in [1.82, 2.24) is 0 Å². The monoisotopic (exact) mass is 293 g/mol. The first kappa shape index (κ1) is 15.3. The molecule has 0 aliphatic carbocycles. The van der Waals surface area contributed by atoms with Gasteiger partial charge < -0.3 is 15.2 Å². The predicted molar refractivity (Wildman–Crippen MR) is 76.4 cm³/mol. The van der Waals surface area contributed by atoms with Crippen molar-refractivity contribution in [1.29, 1.82) is 0 Å². The molecule has 0 aliphatic rings. The zero-order chi connectivity index (χ0) is 15.2. The van der Waals surface area contributed by atoms with Gasteiger partial charge in [0.1, 0.15) is 6.61 Å². The van der Waals surface area contributed by atoms with Gasteiger partial charge in [0.2, 0.25) is 0 Å². The van der Waals surface area contributed by atoms with Crippen LogP contribution < -0.4 is 15.2 Å². The molecule has 2 N–H and O–H groups in total. The van der Waals surface area contributed by atoms with Gasteiger partial charge in [-0.1, -0.05) is 24.3 Å². The van der Waals surface area contributed by atoms with Crippen LogP contribution in [-0.4, -0.2) is 13.2 Å². The molecular formula is C16H17F2NO2. The summed E-state index contributed by atoms with van der Waals surface area (Å²) < 4.78 is 37.8. The highest BCUT2D eigenvalue weighted by Gasteiger charge is 2.16. The van der Waals surface area contributed by atoms with Gasteiger partial charge in [0.15, 0.2) is 23.1 Å². The Balaban J connectivity index is 2.07. The van der Waals surface area contributed by atoms with Crippen LogP contribution in [0.5, 0.6) is 11.5 Å². The molecule has 3 nitrogen and oxygen atoms in total. The molecule has 1 unspecified atom stereocenters. The Kier molecular flexibility index (Phi) is 5.11. The number of hydrogen-bond donors (Lipinski definition) is 1. The van der Waals surface area contributed by atoms with E-state index < -0.39 is 17.7 Å². The first-order chi connectivity index (χ1) is 10.1. The van der Waals surface area contributed by atoms with Gasteiger partial charge in [0.25, 0.3) is 0 Å².